The fourth-order valence-electron chi connectivity index (χ4n) is 2.34. The maximum Gasteiger partial charge on any atom is 0.148 e. The smallest absolute Gasteiger partial charge is 0.148 e. The molecule has 0 spiro atoms. The van der Waals surface area contributed by atoms with Crippen LogP contribution in [0.4, 0.5) is 11.6 Å². The molecule has 1 unspecified atom stereocenters. The monoisotopic (exact) mass is 281 g/mol. The second-order valence-electron chi connectivity index (χ2n) is 4.96. The summed E-state index contributed by atoms with van der Waals surface area (Å²) in [6.07, 6.45) is 1.93. The molecular weight excluding hydrogens is 258 g/mol. The molecule has 0 bridgehead atoms. The molecular formula is C13H23N5S. The summed E-state index contributed by atoms with van der Waals surface area (Å²) < 4.78 is 0. The van der Waals surface area contributed by atoms with Gasteiger partial charge in [-0.15, -0.1) is 0 Å². The summed E-state index contributed by atoms with van der Waals surface area (Å²) in [5.41, 5.74) is 3.74. The average molecular weight is 281 g/mol. The summed E-state index contributed by atoms with van der Waals surface area (Å²) >= 11 is 2.02. The van der Waals surface area contributed by atoms with Crippen LogP contribution in [0.2, 0.25) is 0 Å². The minimum atomic E-state index is 0.645. The molecule has 0 aromatic carbocycles. The lowest BCUT2D eigenvalue weighted by Gasteiger charge is -2.33. The average Bonchev–Trinajstić information content (AvgIpc) is 2.41. The molecule has 3 N–H and O–H groups in total. The molecule has 1 aliphatic heterocycles. The number of aromatic nitrogens is 2. The number of nitrogens with one attached hydrogen (secondary N) is 1. The third kappa shape index (κ3) is 3.30. The molecule has 2 rings (SSSR count). The Kier molecular flexibility index (Phi) is 4.87. The van der Waals surface area contributed by atoms with Crippen molar-refractivity contribution in [3.8, 4) is 0 Å². The van der Waals surface area contributed by atoms with E-state index in [0.717, 1.165) is 54.7 Å². The molecule has 1 aromatic rings. The Hall–Kier alpha value is -1.01. The topological polar surface area (TPSA) is 67.1 Å². The largest absolute Gasteiger partial charge is 0.354 e. The fraction of sp³-hybridized carbons (Fsp3) is 0.692. The molecule has 5 nitrogen and oxygen atoms in total. The van der Waals surface area contributed by atoms with Crippen LogP contribution >= 0.6 is 11.8 Å². The van der Waals surface area contributed by atoms with Gasteiger partial charge in [-0.2, -0.15) is 11.8 Å². The first-order chi connectivity index (χ1) is 9.15. The molecule has 1 fully saturated rings. The molecule has 1 saturated heterocycles. The molecule has 1 atom stereocenters. The summed E-state index contributed by atoms with van der Waals surface area (Å²) in [7, 11) is 0. The van der Waals surface area contributed by atoms with Crippen LogP contribution in [0.5, 0.6) is 0 Å². The van der Waals surface area contributed by atoms with Crippen molar-refractivity contribution in [3.63, 3.8) is 0 Å². The lowest BCUT2D eigenvalue weighted by atomic mass is 10.2. The zero-order valence-corrected chi connectivity index (χ0v) is 12.8. The van der Waals surface area contributed by atoms with E-state index in [1.54, 1.807) is 0 Å². The van der Waals surface area contributed by atoms with Crippen LogP contribution in [0.25, 0.3) is 0 Å². The number of aryl methyl sites for hydroxylation is 1. The number of hydrogen-bond donors (Lipinski definition) is 2. The Bertz CT molecular complexity index is 437. The van der Waals surface area contributed by atoms with E-state index in [1.807, 2.05) is 18.7 Å². The molecule has 106 valence electrons. The zero-order chi connectivity index (χ0) is 13.8. The molecule has 0 aliphatic carbocycles. The second-order valence-corrected chi connectivity index (χ2v) is 6.51. The number of thioether (sulfide) groups is 1. The lowest BCUT2D eigenvalue weighted by molar-refractivity contribution is 0.749. The maximum atomic E-state index is 5.58. The fourth-order valence-corrected chi connectivity index (χ4v) is 3.36. The molecule has 0 saturated carbocycles. The number of nitrogens with zero attached hydrogens (tertiary/aromatic N) is 3. The highest BCUT2D eigenvalue weighted by atomic mass is 32.2. The van der Waals surface area contributed by atoms with Gasteiger partial charge in [0.1, 0.15) is 17.5 Å². The van der Waals surface area contributed by atoms with E-state index in [9.17, 15) is 0 Å². The highest BCUT2D eigenvalue weighted by Crippen LogP contribution is 2.28. The molecule has 2 heterocycles. The minimum absolute atomic E-state index is 0.645. The highest BCUT2D eigenvalue weighted by Gasteiger charge is 2.21. The van der Waals surface area contributed by atoms with Crippen LogP contribution in [-0.4, -0.2) is 34.1 Å². The van der Waals surface area contributed by atoms with Crippen molar-refractivity contribution in [2.24, 2.45) is 5.84 Å². The van der Waals surface area contributed by atoms with Crippen molar-refractivity contribution in [3.05, 3.63) is 11.4 Å². The van der Waals surface area contributed by atoms with Crippen LogP contribution < -0.4 is 16.2 Å². The van der Waals surface area contributed by atoms with Crippen LogP contribution in [0, 0.1) is 6.92 Å². The molecule has 6 heteroatoms. The van der Waals surface area contributed by atoms with E-state index in [2.05, 4.69) is 29.2 Å². The number of hydrogen-bond acceptors (Lipinski definition) is 6. The standard InChI is InChI=1S/C13H23N5S/c1-4-5-11-15-12(17-14)10(3)13(16-11)18-6-7-19-9(2)8-18/h9H,4-8,14H2,1-3H3,(H,15,16,17). The molecule has 0 amide bonds. The van der Waals surface area contributed by atoms with Crippen LogP contribution in [-0.2, 0) is 6.42 Å². The van der Waals surface area contributed by atoms with Crippen molar-refractivity contribution in [2.75, 3.05) is 29.2 Å². The predicted molar refractivity (Wildman–Crippen MR) is 82.7 cm³/mol. The Balaban J connectivity index is 2.33. The number of nitrogen functional groups attached to an aromatic ring is 1. The van der Waals surface area contributed by atoms with Gasteiger partial charge in [0.25, 0.3) is 0 Å². The third-order valence-electron chi connectivity index (χ3n) is 3.32. The first-order valence-electron chi connectivity index (χ1n) is 6.86. The number of hydrazine groups is 1. The highest BCUT2D eigenvalue weighted by molar-refractivity contribution is 8.00. The Morgan fingerprint density at radius 1 is 1.47 bits per heavy atom. The van der Waals surface area contributed by atoms with E-state index < -0.39 is 0 Å². The molecule has 1 aromatic heterocycles. The first-order valence-corrected chi connectivity index (χ1v) is 7.91. The Labute approximate surface area is 119 Å². The molecule has 0 radical (unpaired) electrons. The second kappa shape index (κ2) is 6.43. The van der Waals surface area contributed by atoms with Gasteiger partial charge in [0.15, 0.2) is 0 Å². The zero-order valence-electron chi connectivity index (χ0n) is 11.9. The van der Waals surface area contributed by atoms with Crippen molar-refractivity contribution in [1.29, 1.82) is 0 Å². The van der Waals surface area contributed by atoms with Gasteiger partial charge in [0.2, 0.25) is 0 Å². The van der Waals surface area contributed by atoms with Crippen LogP contribution in [0.15, 0.2) is 0 Å². The number of nitrogens with two attached hydrogens (primary N) is 1. The summed E-state index contributed by atoms with van der Waals surface area (Å²) in [5, 5.41) is 0.645. The van der Waals surface area contributed by atoms with E-state index in [0.29, 0.717) is 5.25 Å². The van der Waals surface area contributed by atoms with Crippen molar-refractivity contribution >= 4 is 23.4 Å². The quantitative estimate of drug-likeness (QED) is 0.649. The van der Waals surface area contributed by atoms with Gasteiger partial charge in [0, 0.05) is 36.1 Å². The summed E-state index contributed by atoms with van der Waals surface area (Å²) in [4.78, 5) is 11.6. The lowest BCUT2D eigenvalue weighted by Crippen LogP contribution is -2.38. The third-order valence-corrected chi connectivity index (χ3v) is 4.45. The SMILES string of the molecule is CCCc1nc(NN)c(C)c(N2CCSC(C)C2)n1. The van der Waals surface area contributed by atoms with E-state index in [1.165, 1.54) is 0 Å². The van der Waals surface area contributed by atoms with E-state index in [4.69, 9.17) is 10.8 Å². The van der Waals surface area contributed by atoms with Gasteiger partial charge < -0.3 is 10.3 Å². The number of anilines is 2. The van der Waals surface area contributed by atoms with Crippen LogP contribution in [0.3, 0.4) is 0 Å². The normalized spacial score (nSPS) is 19.6. The first kappa shape index (κ1) is 14.4. The van der Waals surface area contributed by atoms with E-state index in [-0.39, 0.29) is 0 Å². The minimum Gasteiger partial charge on any atom is -0.354 e. The predicted octanol–water partition coefficient (Wildman–Crippen LogP) is 1.96. The van der Waals surface area contributed by atoms with Crippen molar-refractivity contribution in [1.82, 2.24) is 9.97 Å². The maximum absolute atomic E-state index is 5.58. The number of rotatable bonds is 4. The van der Waals surface area contributed by atoms with Crippen molar-refractivity contribution in [2.45, 2.75) is 38.9 Å². The summed E-state index contributed by atoms with van der Waals surface area (Å²) in [6, 6.07) is 0. The van der Waals surface area contributed by atoms with Gasteiger partial charge in [-0.1, -0.05) is 13.8 Å². The summed E-state index contributed by atoms with van der Waals surface area (Å²) in [5.74, 6) is 9.40. The molecule has 19 heavy (non-hydrogen) atoms. The van der Waals surface area contributed by atoms with Gasteiger partial charge >= 0.3 is 0 Å². The summed E-state index contributed by atoms with van der Waals surface area (Å²) in [6.45, 7) is 8.52. The van der Waals surface area contributed by atoms with E-state index >= 15 is 0 Å². The van der Waals surface area contributed by atoms with Gasteiger partial charge in [-0.3, -0.25) is 0 Å². The van der Waals surface area contributed by atoms with Gasteiger partial charge in [-0.05, 0) is 13.3 Å². The Morgan fingerprint density at radius 3 is 2.89 bits per heavy atom. The van der Waals surface area contributed by atoms with Crippen molar-refractivity contribution < 1.29 is 0 Å². The van der Waals surface area contributed by atoms with Gasteiger partial charge in [-0.25, -0.2) is 15.8 Å². The molecule has 1 aliphatic rings. The Morgan fingerprint density at radius 2 is 2.26 bits per heavy atom. The van der Waals surface area contributed by atoms with Gasteiger partial charge in [0.05, 0.1) is 0 Å². The van der Waals surface area contributed by atoms with Crippen LogP contribution in [0.1, 0.15) is 31.7 Å².